The Kier molecular flexibility index (Phi) is 5.40. The molecular formula is C12H22N2O4. The molecule has 6 nitrogen and oxygen atoms in total. The monoisotopic (exact) mass is 258 g/mol. The number of urea groups is 1. The third kappa shape index (κ3) is 4.52. The van der Waals surface area contributed by atoms with Gasteiger partial charge in [-0.1, -0.05) is 13.8 Å². The van der Waals surface area contributed by atoms with Crippen molar-refractivity contribution in [2.45, 2.75) is 51.3 Å². The van der Waals surface area contributed by atoms with Crippen molar-refractivity contribution in [1.29, 1.82) is 0 Å². The van der Waals surface area contributed by atoms with Crippen molar-refractivity contribution < 1.29 is 19.4 Å². The van der Waals surface area contributed by atoms with Crippen molar-refractivity contribution in [2.24, 2.45) is 5.92 Å². The molecule has 0 unspecified atom stereocenters. The highest BCUT2D eigenvalue weighted by molar-refractivity contribution is 5.82. The SMILES string of the molecule is COC1CC(NC(=O)N[C@@H](CC(C)C)C(=O)O)C1. The number of hydrogen-bond acceptors (Lipinski definition) is 3. The lowest BCUT2D eigenvalue weighted by Crippen LogP contribution is -2.54. The number of carboxylic acid groups (broad SMARTS) is 1. The Labute approximate surface area is 107 Å². The number of hydrogen-bond donors (Lipinski definition) is 3. The Bertz CT molecular complexity index is 300. The van der Waals surface area contributed by atoms with Crippen LogP contribution in [0.4, 0.5) is 4.79 Å². The predicted molar refractivity (Wildman–Crippen MR) is 66.4 cm³/mol. The Morgan fingerprint density at radius 3 is 2.44 bits per heavy atom. The minimum atomic E-state index is -0.998. The number of carbonyl (C=O) groups is 2. The minimum Gasteiger partial charge on any atom is -0.480 e. The fraction of sp³-hybridized carbons (Fsp3) is 0.833. The number of ether oxygens (including phenoxy) is 1. The molecule has 0 aliphatic heterocycles. The third-order valence-electron chi connectivity index (χ3n) is 3.07. The summed E-state index contributed by atoms with van der Waals surface area (Å²) in [4.78, 5) is 22.6. The third-order valence-corrected chi connectivity index (χ3v) is 3.07. The van der Waals surface area contributed by atoms with Crippen molar-refractivity contribution in [3.05, 3.63) is 0 Å². The van der Waals surface area contributed by atoms with Crippen LogP contribution in [0, 0.1) is 5.92 Å². The summed E-state index contributed by atoms with van der Waals surface area (Å²) in [5.41, 5.74) is 0. The zero-order valence-corrected chi connectivity index (χ0v) is 11.1. The van der Waals surface area contributed by atoms with Gasteiger partial charge < -0.3 is 20.5 Å². The smallest absolute Gasteiger partial charge is 0.326 e. The van der Waals surface area contributed by atoms with Crippen LogP contribution < -0.4 is 10.6 Å². The van der Waals surface area contributed by atoms with E-state index < -0.39 is 18.0 Å². The van der Waals surface area contributed by atoms with Crippen LogP contribution in [0.5, 0.6) is 0 Å². The van der Waals surface area contributed by atoms with Crippen LogP contribution in [0.1, 0.15) is 33.1 Å². The van der Waals surface area contributed by atoms with Gasteiger partial charge in [0, 0.05) is 13.2 Å². The second kappa shape index (κ2) is 6.58. The molecule has 18 heavy (non-hydrogen) atoms. The molecule has 0 aromatic heterocycles. The molecular weight excluding hydrogens is 236 g/mol. The van der Waals surface area contributed by atoms with Crippen LogP contribution in [0.3, 0.4) is 0 Å². The van der Waals surface area contributed by atoms with Crippen molar-refractivity contribution in [3.8, 4) is 0 Å². The molecule has 0 bridgehead atoms. The Balaban J connectivity index is 2.31. The molecule has 3 N–H and O–H groups in total. The molecule has 1 fully saturated rings. The number of rotatable bonds is 6. The average molecular weight is 258 g/mol. The van der Waals surface area contributed by atoms with Crippen LogP contribution in [-0.2, 0) is 9.53 Å². The fourth-order valence-electron chi connectivity index (χ4n) is 1.95. The summed E-state index contributed by atoms with van der Waals surface area (Å²) in [6.45, 7) is 3.84. The zero-order chi connectivity index (χ0) is 13.7. The first-order chi connectivity index (χ1) is 8.42. The molecule has 0 radical (unpaired) electrons. The molecule has 1 aliphatic rings. The molecule has 6 heteroatoms. The van der Waals surface area contributed by atoms with Gasteiger partial charge in [0.15, 0.2) is 0 Å². The van der Waals surface area contributed by atoms with Crippen LogP contribution >= 0.6 is 0 Å². The lowest BCUT2D eigenvalue weighted by molar-refractivity contribution is -0.139. The van der Waals surface area contributed by atoms with Crippen molar-refractivity contribution in [3.63, 3.8) is 0 Å². The standard InChI is InChI=1S/C12H22N2O4/c1-7(2)4-10(11(15)16)14-12(17)13-8-5-9(6-8)18-3/h7-10H,4-6H2,1-3H3,(H,15,16)(H2,13,14,17)/t8?,9?,10-/m0/s1. The van der Waals surface area contributed by atoms with Gasteiger partial charge in [-0.05, 0) is 25.2 Å². The van der Waals surface area contributed by atoms with Gasteiger partial charge in [-0.3, -0.25) is 0 Å². The molecule has 1 saturated carbocycles. The predicted octanol–water partition coefficient (Wildman–Crippen LogP) is 0.962. The first kappa shape index (κ1) is 14.8. The number of methoxy groups -OCH3 is 1. The van der Waals surface area contributed by atoms with Crippen LogP contribution in [0.2, 0.25) is 0 Å². The first-order valence-electron chi connectivity index (χ1n) is 6.25. The second-order valence-electron chi connectivity index (χ2n) is 5.16. The van der Waals surface area contributed by atoms with Gasteiger partial charge in [-0.15, -0.1) is 0 Å². The summed E-state index contributed by atoms with van der Waals surface area (Å²) in [7, 11) is 1.64. The quantitative estimate of drug-likeness (QED) is 0.662. The molecule has 1 aliphatic carbocycles. The lowest BCUT2D eigenvalue weighted by atomic mass is 9.89. The lowest BCUT2D eigenvalue weighted by Gasteiger charge is -2.34. The van der Waals surface area contributed by atoms with Crippen LogP contribution in [0.25, 0.3) is 0 Å². The van der Waals surface area contributed by atoms with E-state index in [2.05, 4.69) is 10.6 Å². The van der Waals surface area contributed by atoms with Gasteiger partial charge in [0.1, 0.15) is 6.04 Å². The highest BCUT2D eigenvalue weighted by atomic mass is 16.5. The molecule has 1 atom stereocenters. The summed E-state index contributed by atoms with van der Waals surface area (Å²) in [6.07, 6.45) is 2.20. The summed E-state index contributed by atoms with van der Waals surface area (Å²) in [5.74, 6) is -0.782. The van der Waals surface area contributed by atoms with Crippen LogP contribution in [-0.4, -0.2) is 42.4 Å². The molecule has 104 valence electrons. The molecule has 1 rings (SSSR count). The van der Waals surface area contributed by atoms with E-state index in [9.17, 15) is 9.59 Å². The second-order valence-corrected chi connectivity index (χ2v) is 5.16. The van der Waals surface area contributed by atoms with E-state index in [0.717, 1.165) is 12.8 Å². The fourth-order valence-corrected chi connectivity index (χ4v) is 1.95. The maximum atomic E-state index is 11.6. The number of aliphatic carboxylic acids is 1. The average Bonchev–Trinajstić information content (AvgIpc) is 2.20. The highest BCUT2D eigenvalue weighted by Gasteiger charge is 2.31. The summed E-state index contributed by atoms with van der Waals surface area (Å²) in [6, 6.07) is -1.16. The topological polar surface area (TPSA) is 87.7 Å². The van der Waals surface area contributed by atoms with E-state index in [-0.39, 0.29) is 18.1 Å². The van der Waals surface area contributed by atoms with E-state index in [4.69, 9.17) is 9.84 Å². The largest absolute Gasteiger partial charge is 0.480 e. The molecule has 0 aromatic rings. The zero-order valence-electron chi connectivity index (χ0n) is 11.1. The maximum Gasteiger partial charge on any atom is 0.326 e. The number of amides is 2. The molecule has 0 heterocycles. The van der Waals surface area contributed by atoms with Crippen LogP contribution in [0.15, 0.2) is 0 Å². The van der Waals surface area contributed by atoms with E-state index in [1.807, 2.05) is 13.8 Å². The van der Waals surface area contributed by atoms with Crippen molar-refractivity contribution in [2.75, 3.05) is 7.11 Å². The van der Waals surface area contributed by atoms with Gasteiger partial charge in [0.05, 0.1) is 6.10 Å². The van der Waals surface area contributed by atoms with Gasteiger partial charge in [-0.2, -0.15) is 0 Å². The summed E-state index contributed by atoms with van der Waals surface area (Å²) in [5, 5.41) is 14.2. The summed E-state index contributed by atoms with van der Waals surface area (Å²) >= 11 is 0. The Hall–Kier alpha value is -1.30. The molecule has 0 aromatic carbocycles. The minimum absolute atomic E-state index is 0.0865. The van der Waals surface area contributed by atoms with Gasteiger partial charge in [-0.25, -0.2) is 9.59 Å². The summed E-state index contributed by atoms with van der Waals surface area (Å²) < 4.78 is 5.10. The van der Waals surface area contributed by atoms with Crippen molar-refractivity contribution in [1.82, 2.24) is 10.6 Å². The van der Waals surface area contributed by atoms with Gasteiger partial charge >= 0.3 is 12.0 Å². The highest BCUT2D eigenvalue weighted by Crippen LogP contribution is 2.22. The van der Waals surface area contributed by atoms with Crippen molar-refractivity contribution >= 4 is 12.0 Å². The Morgan fingerprint density at radius 2 is 2.00 bits per heavy atom. The van der Waals surface area contributed by atoms with E-state index in [0.29, 0.717) is 6.42 Å². The van der Waals surface area contributed by atoms with E-state index in [1.165, 1.54) is 0 Å². The number of carboxylic acids is 1. The molecule has 0 spiro atoms. The first-order valence-corrected chi connectivity index (χ1v) is 6.25. The van der Waals surface area contributed by atoms with Gasteiger partial charge in [0.2, 0.25) is 0 Å². The number of carbonyl (C=O) groups excluding carboxylic acids is 1. The normalized spacial score (nSPS) is 24.2. The number of nitrogens with one attached hydrogen (secondary N) is 2. The Morgan fingerprint density at radius 1 is 1.39 bits per heavy atom. The molecule has 0 saturated heterocycles. The molecule has 2 amide bonds. The van der Waals surface area contributed by atoms with E-state index in [1.54, 1.807) is 7.11 Å². The maximum absolute atomic E-state index is 11.6. The van der Waals surface area contributed by atoms with E-state index >= 15 is 0 Å². The van der Waals surface area contributed by atoms with Gasteiger partial charge in [0.25, 0.3) is 0 Å².